The van der Waals surface area contributed by atoms with Gasteiger partial charge in [0.25, 0.3) is 0 Å². The first kappa shape index (κ1) is 23.6. The Hall–Kier alpha value is -3.51. The lowest BCUT2D eigenvalue weighted by Crippen LogP contribution is -2.43. The predicted molar refractivity (Wildman–Crippen MR) is 137 cm³/mol. The molecule has 34 heavy (non-hydrogen) atoms. The number of nitrogens with zero attached hydrogens (tertiary/aromatic N) is 2. The quantitative estimate of drug-likeness (QED) is 0.507. The number of para-hydroxylation sites is 1. The van der Waals surface area contributed by atoms with Crippen LogP contribution in [-0.2, 0) is 22.6 Å². The first-order chi connectivity index (χ1) is 16.4. The van der Waals surface area contributed by atoms with Crippen LogP contribution in [0, 0.1) is 0 Å². The number of benzene rings is 3. The molecule has 2 N–H and O–H groups in total. The van der Waals surface area contributed by atoms with Gasteiger partial charge in [0.15, 0.2) is 0 Å². The van der Waals surface area contributed by atoms with Crippen LogP contribution >= 0.6 is 11.6 Å². The molecule has 0 aliphatic carbocycles. The van der Waals surface area contributed by atoms with E-state index in [1.807, 2.05) is 32.3 Å². The van der Waals surface area contributed by atoms with E-state index >= 15 is 0 Å². The summed E-state index contributed by atoms with van der Waals surface area (Å²) in [5.74, 6) is -1.30. The van der Waals surface area contributed by atoms with Crippen molar-refractivity contribution < 1.29 is 9.59 Å². The molecule has 1 heterocycles. The highest BCUT2D eigenvalue weighted by Crippen LogP contribution is 2.35. The topological polar surface area (TPSA) is 64.7 Å². The standard InChI is InChI=1S/C27H29ClN4O2/c1-31(2)23-13-9-21(10-14-23)25(32-16-15-20-5-3-4-6-24(20)32)18-30-27(34)26(33)29-17-19-7-11-22(28)12-8-19/h3-14,25H,15-18H2,1-2H3,(H,29,33)(H,30,34). The van der Waals surface area contributed by atoms with Crippen molar-refractivity contribution in [2.75, 3.05) is 37.0 Å². The van der Waals surface area contributed by atoms with E-state index in [9.17, 15) is 9.59 Å². The van der Waals surface area contributed by atoms with E-state index in [1.165, 1.54) is 11.3 Å². The van der Waals surface area contributed by atoms with Gasteiger partial charge in [-0.15, -0.1) is 0 Å². The van der Waals surface area contributed by atoms with E-state index in [2.05, 4.69) is 62.9 Å². The molecule has 0 spiro atoms. The van der Waals surface area contributed by atoms with Gasteiger partial charge >= 0.3 is 11.8 Å². The molecule has 0 bridgehead atoms. The van der Waals surface area contributed by atoms with Gasteiger partial charge in [0.1, 0.15) is 0 Å². The van der Waals surface area contributed by atoms with E-state index in [1.54, 1.807) is 12.1 Å². The maximum Gasteiger partial charge on any atom is 0.309 e. The van der Waals surface area contributed by atoms with E-state index < -0.39 is 11.8 Å². The molecule has 0 fully saturated rings. The van der Waals surface area contributed by atoms with Gasteiger partial charge < -0.3 is 20.4 Å². The third-order valence-corrected chi connectivity index (χ3v) is 6.37. The first-order valence-electron chi connectivity index (χ1n) is 11.3. The summed E-state index contributed by atoms with van der Waals surface area (Å²) in [7, 11) is 4.01. The second kappa shape index (κ2) is 10.6. The summed E-state index contributed by atoms with van der Waals surface area (Å²) < 4.78 is 0. The average molecular weight is 477 g/mol. The van der Waals surface area contributed by atoms with Crippen molar-refractivity contribution in [1.29, 1.82) is 0 Å². The minimum atomic E-state index is -0.654. The summed E-state index contributed by atoms with van der Waals surface area (Å²) in [5, 5.41) is 6.15. The number of anilines is 2. The molecule has 3 aromatic carbocycles. The van der Waals surface area contributed by atoms with Crippen LogP contribution in [0.5, 0.6) is 0 Å². The summed E-state index contributed by atoms with van der Waals surface area (Å²) in [6.45, 7) is 1.44. The van der Waals surface area contributed by atoms with Crippen LogP contribution in [0.15, 0.2) is 72.8 Å². The molecule has 1 aliphatic heterocycles. The summed E-state index contributed by atoms with van der Waals surface area (Å²) in [6, 6.07) is 23.7. The van der Waals surface area contributed by atoms with Crippen molar-refractivity contribution >= 4 is 34.8 Å². The lowest BCUT2D eigenvalue weighted by molar-refractivity contribution is -0.139. The number of rotatable bonds is 7. The molecule has 0 saturated carbocycles. The zero-order chi connectivity index (χ0) is 24.1. The Morgan fingerprint density at radius 2 is 1.62 bits per heavy atom. The number of carbonyl (C=O) groups is 2. The molecule has 1 aliphatic rings. The Kier molecular flexibility index (Phi) is 7.38. The molecule has 4 rings (SSSR count). The molecule has 1 atom stereocenters. The van der Waals surface area contributed by atoms with Gasteiger partial charge in [-0.3, -0.25) is 9.59 Å². The third-order valence-electron chi connectivity index (χ3n) is 6.12. The van der Waals surface area contributed by atoms with E-state index in [4.69, 9.17) is 11.6 Å². The lowest BCUT2D eigenvalue weighted by atomic mass is 10.0. The fraction of sp³-hybridized carbons (Fsp3) is 0.259. The normalized spacial score (nSPS) is 13.2. The minimum Gasteiger partial charge on any atom is -0.378 e. The Morgan fingerprint density at radius 3 is 2.32 bits per heavy atom. The number of halogens is 1. The van der Waals surface area contributed by atoms with Crippen molar-refractivity contribution in [2.45, 2.75) is 19.0 Å². The second-order valence-corrected chi connectivity index (χ2v) is 9.03. The predicted octanol–water partition coefficient (Wildman–Crippen LogP) is 3.94. The van der Waals surface area contributed by atoms with E-state index in [0.717, 1.165) is 29.8 Å². The summed E-state index contributed by atoms with van der Waals surface area (Å²) in [4.78, 5) is 29.4. The van der Waals surface area contributed by atoms with Gasteiger partial charge in [-0.25, -0.2) is 0 Å². The van der Waals surface area contributed by atoms with Gasteiger partial charge in [-0.05, 0) is 53.4 Å². The zero-order valence-electron chi connectivity index (χ0n) is 19.4. The van der Waals surface area contributed by atoms with Crippen molar-refractivity contribution in [2.24, 2.45) is 0 Å². The molecule has 2 amide bonds. The molecule has 0 aromatic heterocycles. The summed E-state index contributed by atoms with van der Waals surface area (Å²) in [5.41, 5.74) is 5.53. The molecule has 176 valence electrons. The molecule has 0 radical (unpaired) electrons. The van der Waals surface area contributed by atoms with Gasteiger partial charge in [-0.1, -0.05) is 54.1 Å². The van der Waals surface area contributed by atoms with Crippen molar-refractivity contribution in [1.82, 2.24) is 10.6 Å². The molecule has 0 saturated heterocycles. The molecule has 3 aromatic rings. The van der Waals surface area contributed by atoms with Gasteiger partial charge in [0.2, 0.25) is 0 Å². The van der Waals surface area contributed by atoms with E-state index in [0.29, 0.717) is 11.6 Å². The molecule has 7 heteroatoms. The van der Waals surface area contributed by atoms with Gasteiger partial charge in [0, 0.05) is 50.1 Å². The number of fused-ring (bicyclic) bond motifs is 1. The number of carbonyl (C=O) groups excluding carboxylic acids is 2. The Labute approximate surface area is 205 Å². The van der Waals surface area contributed by atoms with Crippen molar-refractivity contribution in [3.63, 3.8) is 0 Å². The zero-order valence-corrected chi connectivity index (χ0v) is 20.2. The Bertz CT molecular complexity index is 1150. The van der Waals surface area contributed by atoms with E-state index in [-0.39, 0.29) is 12.6 Å². The fourth-order valence-electron chi connectivity index (χ4n) is 4.22. The highest BCUT2D eigenvalue weighted by Gasteiger charge is 2.28. The molecular weight excluding hydrogens is 448 g/mol. The van der Waals surface area contributed by atoms with Crippen LogP contribution in [0.25, 0.3) is 0 Å². The Morgan fingerprint density at radius 1 is 0.941 bits per heavy atom. The Balaban J connectivity index is 1.45. The molecule has 6 nitrogen and oxygen atoms in total. The highest BCUT2D eigenvalue weighted by molar-refractivity contribution is 6.35. The number of hydrogen-bond acceptors (Lipinski definition) is 4. The molecular formula is C27H29ClN4O2. The summed E-state index contributed by atoms with van der Waals surface area (Å²) in [6.07, 6.45) is 0.956. The highest BCUT2D eigenvalue weighted by atomic mass is 35.5. The minimum absolute atomic E-state index is 0.0899. The van der Waals surface area contributed by atoms with Crippen LogP contribution in [0.4, 0.5) is 11.4 Å². The number of amides is 2. The van der Waals surface area contributed by atoms with Gasteiger partial charge in [0.05, 0.1) is 6.04 Å². The first-order valence-corrected chi connectivity index (χ1v) is 11.7. The second-order valence-electron chi connectivity index (χ2n) is 8.59. The maximum absolute atomic E-state index is 12.6. The van der Waals surface area contributed by atoms with Crippen LogP contribution in [0.2, 0.25) is 5.02 Å². The largest absolute Gasteiger partial charge is 0.378 e. The third kappa shape index (κ3) is 5.51. The van der Waals surface area contributed by atoms with Crippen LogP contribution in [0.3, 0.4) is 0 Å². The SMILES string of the molecule is CN(C)c1ccc(C(CNC(=O)C(=O)NCc2ccc(Cl)cc2)N2CCc3ccccc32)cc1. The average Bonchev–Trinajstić information content (AvgIpc) is 3.28. The number of nitrogens with one attached hydrogen (secondary N) is 2. The molecule has 1 unspecified atom stereocenters. The monoisotopic (exact) mass is 476 g/mol. The fourth-order valence-corrected chi connectivity index (χ4v) is 4.35. The summed E-state index contributed by atoms with van der Waals surface area (Å²) >= 11 is 5.90. The lowest BCUT2D eigenvalue weighted by Gasteiger charge is -2.31. The van der Waals surface area contributed by atoms with Crippen LogP contribution < -0.4 is 20.4 Å². The smallest absolute Gasteiger partial charge is 0.309 e. The number of hydrogen-bond donors (Lipinski definition) is 2. The van der Waals surface area contributed by atoms with Crippen LogP contribution in [0.1, 0.15) is 22.7 Å². The maximum atomic E-state index is 12.6. The van der Waals surface area contributed by atoms with Crippen LogP contribution in [-0.4, -0.2) is 39.0 Å². The van der Waals surface area contributed by atoms with Crippen molar-refractivity contribution in [3.8, 4) is 0 Å². The van der Waals surface area contributed by atoms with Gasteiger partial charge in [-0.2, -0.15) is 0 Å². The van der Waals surface area contributed by atoms with Crippen molar-refractivity contribution in [3.05, 3.63) is 94.5 Å².